The second-order valence-electron chi connectivity index (χ2n) is 6.66. The summed E-state index contributed by atoms with van der Waals surface area (Å²) in [5.41, 5.74) is 1.12. The number of rotatable bonds is 5. The number of nitriles is 1. The minimum absolute atomic E-state index is 0.107. The predicted molar refractivity (Wildman–Crippen MR) is 98.2 cm³/mol. The topological polar surface area (TPSA) is 63.0 Å². The van der Waals surface area contributed by atoms with Crippen molar-refractivity contribution in [1.82, 2.24) is 4.98 Å². The number of thiophene rings is 1. The van der Waals surface area contributed by atoms with Gasteiger partial charge < -0.3 is 4.74 Å². The number of aromatic nitrogens is 1. The maximum Gasteiger partial charge on any atom is 0.357 e. The zero-order valence-corrected chi connectivity index (χ0v) is 15.2. The smallest absolute Gasteiger partial charge is 0.357 e. The van der Waals surface area contributed by atoms with Crippen LogP contribution in [0.1, 0.15) is 55.9 Å². The number of carbonyl (C=O) groups is 1. The molecule has 1 aliphatic carbocycles. The summed E-state index contributed by atoms with van der Waals surface area (Å²) in [4.78, 5) is 17.7. The molecule has 0 radical (unpaired) electrons. The summed E-state index contributed by atoms with van der Waals surface area (Å²) in [7, 11) is 0. The Morgan fingerprint density at radius 1 is 1.40 bits per heavy atom. The van der Waals surface area contributed by atoms with Crippen molar-refractivity contribution < 1.29 is 9.53 Å². The van der Waals surface area contributed by atoms with Crippen LogP contribution in [-0.2, 0) is 4.74 Å². The van der Waals surface area contributed by atoms with Crippen molar-refractivity contribution in [3.8, 4) is 16.5 Å². The van der Waals surface area contributed by atoms with Crippen LogP contribution < -0.4 is 0 Å². The number of esters is 1. The second kappa shape index (κ2) is 7.79. The van der Waals surface area contributed by atoms with Crippen molar-refractivity contribution in [3.05, 3.63) is 41.5 Å². The number of hydrogen-bond acceptors (Lipinski definition) is 5. The Bertz CT molecular complexity index is 739. The molecule has 0 bridgehead atoms. The minimum atomic E-state index is -0.373. The fourth-order valence-corrected chi connectivity index (χ4v) is 4.19. The van der Waals surface area contributed by atoms with Crippen molar-refractivity contribution in [1.29, 1.82) is 5.26 Å². The third-order valence-corrected chi connectivity index (χ3v) is 5.83. The van der Waals surface area contributed by atoms with Crippen molar-refractivity contribution in [3.63, 3.8) is 0 Å². The van der Waals surface area contributed by atoms with Gasteiger partial charge in [-0.25, -0.2) is 9.78 Å². The molecule has 4 nitrogen and oxygen atoms in total. The molecule has 0 atom stereocenters. The van der Waals surface area contributed by atoms with E-state index in [4.69, 9.17) is 4.74 Å². The number of pyridine rings is 1. The predicted octanol–water partition coefficient (Wildman–Crippen LogP) is 5.22. The molecular formula is C20H22N2O2S. The summed E-state index contributed by atoms with van der Waals surface area (Å²) < 4.78 is 5.62. The Kier molecular flexibility index (Phi) is 5.50. The molecular weight excluding hydrogens is 332 g/mol. The van der Waals surface area contributed by atoms with Gasteiger partial charge in [0.15, 0.2) is 0 Å². The Morgan fingerprint density at radius 3 is 2.76 bits per heavy atom. The van der Waals surface area contributed by atoms with Crippen LogP contribution in [0.15, 0.2) is 35.8 Å². The van der Waals surface area contributed by atoms with E-state index in [1.807, 2.05) is 23.6 Å². The van der Waals surface area contributed by atoms with Gasteiger partial charge in [0.1, 0.15) is 11.8 Å². The Morgan fingerprint density at radius 2 is 2.20 bits per heavy atom. The van der Waals surface area contributed by atoms with E-state index in [2.05, 4.69) is 18.0 Å². The van der Waals surface area contributed by atoms with Gasteiger partial charge in [-0.2, -0.15) is 5.26 Å². The molecule has 0 aliphatic heterocycles. The van der Waals surface area contributed by atoms with Gasteiger partial charge in [-0.05, 0) is 55.7 Å². The normalized spacial score (nSPS) is 23.0. The van der Waals surface area contributed by atoms with Crippen molar-refractivity contribution in [2.24, 2.45) is 5.41 Å². The van der Waals surface area contributed by atoms with E-state index < -0.39 is 0 Å². The van der Waals surface area contributed by atoms with Crippen molar-refractivity contribution in [2.45, 2.75) is 51.6 Å². The van der Waals surface area contributed by atoms with E-state index in [1.54, 1.807) is 23.6 Å². The first-order valence-electron chi connectivity index (χ1n) is 8.78. The standard InChI is InChI=1S/C20H22N2O2S/c1-2-9-20(14-21)10-7-16(8-11-20)24-19(23)17-6-5-15(13-22-17)18-4-3-12-25-18/h3-6,12-13,16H,2,7-11H2,1H3. The maximum absolute atomic E-state index is 12.3. The van der Waals surface area contributed by atoms with Gasteiger partial charge in [0.25, 0.3) is 0 Å². The number of ether oxygens (including phenoxy) is 1. The van der Waals surface area contributed by atoms with Crippen LogP contribution >= 0.6 is 11.3 Å². The average molecular weight is 354 g/mol. The zero-order valence-electron chi connectivity index (χ0n) is 14.4. The molecule has 2 aromatic heterocycles. The van der Waals surface area contributed by atoms with Gasteiger partial charge in [-0.15, -0.1) is 11.3 Å². The highest BCUT2D eigenvalue weighted by Gasteiger charge is 2.36. The molecule has 1 fully saturated rings. The summed E-state index contributed by atoms with van der Waals surface area (Å²) in [5.74, 6) is -0.373. The Labute approximate surface area is 152 Å². The second-order valence-corrected chi connectivity index (χ2v) is 7.60. The van der Waals surface area contributed by atoms with Gasteiger partial charge in [-0.3, -0.25) is 0 Å². The van der Waals surface area contributed by atoms with Crippen LogP contribution in [0.3, 0.4) is 0 Å². The molecule has 0 spiro atoms. The van der Waals surface area contributed by atoms with Crippen LogP contribution in [0.25, 0.3) is 10.4 Å². The van der Waals surface area contributed by atoms with Gasteiger partial charge in [0.05, 0.1) is 11.5 Å². The van der Waals surface area contributed by atoms with Crippen LogP contribution in [0.2, 0.25) is 0 Å². The Balaban J connectivity index is 1.57. The molecule has 5 heteroatoms. The third-order valence-electron chi connectivity index (χ3n) is 4.91. The van der Waals surface area contributed by atoms with Crippen LogP contribution in [0.4, 0.5) is 0 Å². The van der Waals surface area contributed by atoms with Gasteiger partial charge in [-0.1, -0.05) is 19.4 Å². The first-order chi connectivity index (χ1) is 12.2. The van der Waals surface area contributed by atoms with Gasteiger partial charge in [0.2, 0.25) is 0 Å². The highest BCUT2D eigenvalue weighted by molar-refractivity contribution is 7.13. The van der Waals surface area contributed by atoms with E-state index in [-0.39, 0.29) is 17.5 Å². The lowest BCUT2D eigenvalue weighted by Crippen LogP contribution is -2.31. The molecule has 1 saturated carbocycles. The van der Waals surface area contributed by atoms with Gasteiger partial charge in [0, 0.05) is 16.6 Å². The summed E-state index contributed by atoms with van der Waals surface area (Å²) in [5, 5.41) is 11.5. The highest BCUT2D eigenvalue weighted by atomic mass is 32.1. The fourth-order valence-electron chi connectivity index (χ4n) is 3.47. The Hall–Kier alpha value is -2.19. The molecule has 25 heavy (non-hydrogen) atoms. The number of carbonyl (C=O) groups excluding carboxylic acids is 1. The number of hydrogen-bond donors (Lipinski definition) is 0. The molecule has 3 rings (SSSR count). The summed E-state index contributed by atoms with van der Waals surface area (Å²) in [6, 6.07) is 10.1. The molecule has 130 valence electrons. The van der Waals surface area contributed by atoms with E-state index in [0.717, 1.165) is 49.0 Å². The minimum Gasteiger partial charge on any atom is -0.458 e. The van der Waals surface area contributed by atoms with E-state index in [0.29, 0.717) is 5.69 Å². The largest absolute Gasteiger partial charge is 0.458 e. The molecule has 2 aromatic rings. The van der Waals surface area contributed by atoms with Gasteiger partial charge >= 0.3 is 5.97 Å². The average Bonchev–Trinajstić information content (AvgIpc) is 3.18. The van der Waals surface area contributed by atoms with Crippen molar-refractivity contribution in [2.75, 3.05) is 0 Å². The quantitative estimate of drug-likeness (QED) is 0.691. The lowest BCUT2D eigenvalue weighted by Gasteiger charge is -2.34. The van der Waals surface area contributed by atoms with E-state index in [1.165, 1.54) is 0 Å². The fraction of sp³-hybridized carbons (Fsp3) is 0.450. The van der Waals surface area contributed by atoms with Crippen LogP contribution in [0.5, 0.6) is 0 Å². The summed E-state index contributed by atoms with van der Waals surface area (Å²) in [6.45, 7) is 2.11. The van der Waals surface area contributed by atoms with Crippen LogP contribution in [-0.4, -0.2) is 17.1 Å². The molecule has 0 unspecified atom stereocenters. The van der Waals surface area contributed by atoms with Crippen LogP contribution in [0, 0.1) is 16.7 Å². The molecule has 1 aliphatic rings. The first-order valence-corrected chi connectivity index (χ1v) is 9.66. The summed E-state index contributed by atoms with van der Waals surface area (Å²) >= 11 is 1.64. The van der Waals surface area contributed by atoms with E-state index >= 15 is 0 Å². The molecule has 2 heterocycles. The number of nitrogens with zero attached hydrogens (tertiary/aromatic N) is 2. The lowest BCUT2D eigenvalue weighted by atomic mass is 9.71. The first kappa shape index (κ1) is 17.6. The third kappa shape index (κ3) is 4.08. The summed E-state index contributed by atoms with van der Waals surface area (Å²) in [6.07, 6.45) is 6.67. The molecule has 0 saturated heterocycles. The lowest BCUT2D eigenvalue weighted by molar-refractivity contribution is 0.0100. The van der Waals surface area contributed by atoms with Crippen molar-refractivity contribution >= 4 is 17.3 Å². The highest BCUT2D eigenvalue weighted by Crippen LogP contribution is 2.40. The van der Waals surface area contributed by atoms with E-state index in [9.17, 15) is 10.1 Å². The monoisotopic (exact) mass is 354 g/mol. The maximum atomic E-state index is 12.3. The zero-order chi connectivity index (χ0) is 17.7. The molecule has 0 amide bonds. The molecule has 0 N–H and O–H groups in total. The SMILES string of the molecule is CCCC1(C#N)CCC(OC(=O)c2ccc(-c3cccs3)cn2)CC1. The molecule has 0 aromatic carbocycles.